The Morgan fingerprint density at radius 1 is 1.25 bits per heavy atom. The fourth-order valence-corrected chi connectivity index (χ4v) is 3.29. The van der Waals surface area contributed by atoms with Gasteiger partial charge in [0.15, 0.2) is 0 Å². The van der Waals surface area contributed by atoms with E-state index in [1.807, 2.05) is 4.90 Å². The van der Waals surface area contributed by atoms with Crippen LogP contribution in [0.5, 0.6) is 0 Å². The Morgan fingerprint density at radius 2 is 2.19 bits per heavy atom. The van der Waals surface area contributed by atoms with E-state index < -0.39 is 0 Å². The third kappa shape index (κ3) is 1.79. The van der Waals surface area contributed by atoms with Gasteiger partial charge >= 0.3 is 6.09 Å². The Hall–Kier alpha value is -0.770. The number of fused-ring (bicyclic) bond motifs is 1. The molecule has 3 aliphatic rings. The first kappa shape index (κ1) is 10.4. The van der Waals surface area contributed by atoms with Crippen molar-refractivity contribution in [1.29, 1.82) is 0 Å². The zero-order valence-electron chi connectivity index (χ0n) is 9.65. The lowest BCUT2D eigenvalue weighted by Gasteiger charge is -2.40. The fourth-order valence-electron chi connectivity index (χ4n) is 3.29. The largest absolute Gasteiger partial charge is 0.446 e. The molecule has 0 radical (unpaired) electrons. The predicted molar refractivity (Wildman–Crippen MR) is 60.2 cm³/mol. The Labute approximate surface area is 96.3 Å². The molecule has 3 atom stereocenters. The molecule has 2 heterocycles. The van der Waals surface area contributed by atoms with Crippen LogP contribution in [0.1, 0.15) is 32.1 Å². The molecule has 3 rings (SSSR count). The Bertz CT molecular complexity index is 276. The van der Waals surface area contributed by atoms with Crippen molar-refractivity contribution >= 4 is 6.09 Å². The first-order valence-corrected chi connectivity index (χ1v) is 6.52. The van der Waals surface area contributed by atoms with Crippen LogP contribution in [0.4, 0.5) is 4.79 Å². The van der Waals surface area contributed by atoms with Crippen LogP contribution in [0.3, 0.4) is 0 Å². The number of rotatable bonds is 1. The maximum absolute atomic E-state index is 11.9. The number of hydrogen-bond acceptors (Lipinski definition) is 3. The van der Waals surface area contributed by atoms with E-state index in [0.29, 0.717) is 12.0 Å². The molecular weight excluding hydrogens is 204 g/mol. The minimum absolute atomic E-state index is 0.0724. The molecule has 4 heteroatoms. The number of nitrogens with zero attached hydrogens (tertiary/aromatic N) is 1. The number of nitrogens with one attached hydrogen (secondary N) is 1. The standard InChI is InChI=1S/C12H20N2O2/c15-12-14(10-4-2-6-13-7-10)8-9-3-1-5-11(9)16-12/h9-11,13H,1-8H2. The third-order valence-corrected chi connectivity index (χ3v) is 4.22. The van der Waals surface area contributed by atoms with Gasteiger partial charge in [-0.3, -0.25) is 0 Å². The van der Waals surface area contributed by atoms with Crippen LogP contribution >= 0.6 is 0 Å². The van der Waals surface area contributed by atoms with Crippen LogP contribution in [-0.2, 0) is 4.74 Å². The summed E-state index contributed by atoms with van der Waals surface area (Å²) in [6.07, 6.45) is 5.97. The molecule has 0 aromatic carbocycles. The molecule has 90 valence electrons. The molecule has 16 heavy (non-hydrogen) atoms. The third-order valence-electron chi connectivity index (χ3n) is 4.22. The fraction of sp³-hybridized carbons (Fsp3) is 0.917. The summed E-state index contributed by atoms with van der Waals surface area (Å²) in [4.78, 5) is 13.9. The van der Waals surface area contributed by atoms with E-state index in [1.54, 1.807) is 0 Å². The topological polar surface area (TPSA) is 41.6 Å². The number of ether oxygens (including phenoxy) is 1. The Morgan fingerprint density at radius 3 is 3.00 bits per heavy atom. The highest BCUT2D eigenvalue weighted by molar-refractivity contribution is 5.69. The van der Waals surface area contributed by atoms with Crippen molar-refractivity contribution in [3.63, 3.8) is 0 Å². The number of piperidine rings is 1. The lowest BCUT2D eigenvalue weighted by molar-refractivity contribution is -0.0143. The van der Waals surface area contributed by atoms with Crippen LogP contribution in [0.2, 0.25) is 0 Å². The van der Waals surface area contributed by atoms with E-state index in [1.165, 1.54) is 19.3 Å². The summed E-state index contributed by atoms with van der Waals surface area (Å²) in [5.74, 6) is 0.597. The zero-order valence-corrected chi connectivity index (χ0v) is 9.65. The Balaban J connectivity index is 1.67. The molecule has 1 aliphatic carbocycles. The number of carbonyl (C=O) groups excluding carboxylic acids is 1. The molecular formula is C12H20N2O2. The Kier molecular flexibility index (Phi) is 2.75. The number of carbonyl (C=O) groups is 1. The first-order valence-electron chi connectivity index (χ1n) is 6.52. The highest BCUT2D eigenvalue weighted by Crippen LogP contribution is 2.34. The molecule has 0 aromatic rings. The van der Waals surface area contributed by atoms with Crippen LogP contribution in [0, 0.1) is 5.92 Å². The SMILES string of the molecule is O=C1OC2CCCC2CN1C1CCCNC1. The molecule has 2 saturated heterocycles. The van der Waals surface area contributed by atoms with E-state index in [0.717, 1.165) is 32.5 Å². The van der Waals surface area contributed by atoms with E-state index in [9.17, 15) is 4.79 Å². The van der Waals surface area contributed by atoms with Crippen molar-refractivity contribution in [2.24, 2.45) is 5.92 Å². The summed E-state index contributed by atoms with van der Waals surface area (Å²) in [6, 6.07) is 0.364. The summed E-state index contributed by atoms with van der Waals surface area (Å²) in [7, 11) is 0. The van der Waals surface area contributed by atoms with Gasteiger partial charge in [0.1, 0.15) is 6.10 Å². The molecule has 1 N–H and O–H groups in total. The monoisotopic (exact) mass is 224 g/mol. The van der Waals surface area contributed by atoms with Gasteiger partial charge in [0.05, 0.1) is 0 Å². The zero-order chi connectivity index (χ0) is 11.0. The molecule has 2 aliphatic heterocycles. The van der Waals surface area contributed by atoms with Gasteiger partial charge in [-0.1, -0.05) is 0 Å². The normalized spacial score (nSPS) is 39.4. The first-order chi connectivity index (χ1) is 7.84. The predicted octanol–water partition coefficient (Wildman–Crippen LogP) is 1.36. The van der Waals surface area contributed by atoms with Gasteiger partial charge in [-0.05, 0) is 38.6 Å². The summed E-state index contributed by atoms with van der Waals surface area (Å²) < 4.78 is 5.54. The number of hydrogen-bond donors (Lipinski definition) is 1. The van der Waals surface area contributed by atoms with E-state index in [-0.39, 0.29) is 12.2 Å². The summed E-state index contributed by atoms with van der Waals surface area (Å²) in [6.45, 7) is 2.95. The maximum atomic E-state index is 11.9. The second-order valence-corrected chi connectivity index (χ2v) is 5.27. The molecule has 1 saturated carbocycles. The van der Waals surface area contributed by atoms with Crippen molar-refractivity contribution in [2.45, 2.75) is 44.2 Å². The van der Waals surface area contributed by atoms with E-state index in [4.69, 9.17) is 4.74 Å². The van der Waals surface area contributed by atoms with E-state index >= 15 is 0 Å². The molecule has 0 aromatic heterocycles. The average molecular weight is 224 g/mol. The van der Waals surface area contributed by atoms with Gasteiger partial charge in [0.2, 0.25) is 0 Å². The highest BCUT2D eigenvalue weighted by atomic mass is 16.6. The molecule has 3 fully saturated rings. The second kappa shape index (κ2) is 4.24. The maximum Gasteiger partial charge on any atom is 0.410 e. The minimum Gasteiger partial charge on any atom is -0.446 e. The van der Waals surface area contributed by atoms with Crippen molar-refractivity contribution in [1.82, 2.24) is 10.2 Å². The van der Waals surface area contributed by atoms with Crippen LogP contribution in [0.25, 0.3) is 0 Å². The highest BCUT2D eigenvalue weighted by Gasteiger charge is 2.41. The minimum atomic E-state index is -0.0724. The van der Waals surface area contributed by atoms with Crippen molar-refractivity contribution in [2.75, 3.05) is 19.6 Å². The van der Waals surface area contributed by atoms with Gasteiger partial charge in [-0.25, -0.2) is 4.79 Å². The van der Waals surface area contributed by atoms with Crippen molar-refractivity contribution < 1.29 is 9.53 Å². The molecule has 4 nitrogen and oxygen atoms in total. The van der Waals surface area contributed by atoms with Gasteiger partial charge in [-0.2, -0.15) is 0 Å². The van der Waals surface area contributed by atoms with Crippen molar-refractivity contribution in [3.8, 4) is 0 Å². The molecule has 1 amide bonds. The quantitative estimate of drug-likeness (QED) is 0.731. The van der Waals surface area contributed by atoms with Crippen LogP contribution in [-0.4, -0.2) is 42.8 Å². The summed E-state index contributed by atoms with van der Waals surface area (Å²) >= 11 is 0. The smallest absolute Gasteiger partial charge is 0.410 e. The van der Waals surface area contributed by atoms with Gasteiger partial charge in [-0.15, -0.1) is 0 Å². The molecule has 0 bridgehead atoms. The average Bonchev–Trinajstić information content (AvgIpc) is 2.76. The van der Waals surface area contributed by atoms with Gasteiger partial charge < -0.3 is 15.0 Å². The van der Waals surface area contributed by atoms with Crippen LogP contribution < -0.4 is 5.32 Å². The van der Waals surface area contributed by atoms with Crippen molar-refractivity contribution in [3.05, 3.63) is 0 Å². The lowest BCUT2D eigenvalue weighted by Crippen LogP contribution is -2.55. The molecule has 0 spiro atoms. The van der Waals surface area contributed by atoms with Gasteiger partial charge in [0.25, 0.3) is 0 Å². The van der Waals surface area contributed by atoms with Crippen LogP contribution in [0.15, 0.2) is 0 Å². The summed E-state index contributed by atoms with van der Waals surface area (Å²) in [5.41, 5.74) is 0. The molecule has 3 unspecified atom stereocenters. The second-order valence-electron chi connectivity index (χ2n) is 5.27. The summed E-state index contributed by atoms with van der Waals surface area (Å²) in [5, 5.41) is 3.36. The van der Waals surface area contributed by atoms with Gasteiger partial charge in [0, 0.05) is 25.0 Å². The van der Waals surface area contributed by atoms with E-state index in [2.05, 4.69) is 5.32 Å². The lowest BCUT2D eigenvalue weighted by atomic mass is 10.00. The number of amides is 1.